The Morgan fingerprint density at radius 2 is 1.61 bits per heavy atom. The van der Waals surface area contributed by atoms with E-state index in [-0.39, 0.29) is 10.9 Å². The monoisotopic (exact) mass is 596 g/mol. The molecule has 0 heterocycles. The van der Waals surface area contributed by atoms with Gasteiger partial charge in [-0.3, -0.25) is 10.1 Å². The minimum absolute atomic E-state index is 0.0687. The zero-order chi connectivity index (χ0) is 27.9. The zero-order valence-corrected chi connectivity index (χ0v) is 25.3. The van der Waals surface area contributed by atoms with Crippen LogP contribution in [0.15, 0.2) is 71.2 Å². The average Bonchev–Trinajstić information content (AvgIpc) is 2.84. The molecule has 202 valence electrons. The molecule has 0 saturated heterocycles. The van der Waals surface area contributed by atoms with Gasteiger partial charge in [0.25, 0.3) is 0 Å². The fourth-order valence-electron chi connectivity index (χ4n) is 3.73. The molecule has 3 rings (SSSR count). The summed E-state index contributed by atoms with van der Waals surface area (Å²) < 4.78 is 7.13. The van der Waals surface area contributed by atoms with E-state index in [1.165, 1.54) is 0 Å². The molecule has 0 atom stereocenters. The van der Waals surface area contributed by atoms with Gasteiger partial charge < -0.3 is 14.8 Å². The third-order valence-electron chi connectivity index (χ3n) is 6.99. The fourth-order valence-corrected chi connectivity index (χ4v) is 5.22. The van der Waals surface area contributed by atoms with E-state index in [1.807, 2.05) is 66.7 Å². The Morgan fingerprint density at radius 3 is 2.24 bits per heavy atom. The number of halogens is 1. The van der Waals surface area contributed by atoms with Gasteiger partial charge in [-0.25, -0.2) is 4.79 Å². The molecule has 3 aromatic rings. The van der Waals surface area contributed by atoms with Gasteiger partial charge in [-0.05, 0) is 81.8 Å². The smallest absolute Gasteiger partial charge is 0.409 e. The van der Waals surface area contributed by atoms with E-state index in [9.17, 15) is 14.7 Å². The Balaban J connectivity index is 1.56. The van der Waals surface area contributed by atoms with Gasteiger partial charge in [-0.15, -0.1) is 0 Å². The van der Waals surface area contributed by atoms with E-state index in [1.54, 1.807) is 0 Å². The van der Waals surface area contributed by atoms with Crippen molar-refractivity contribution in [3.05, 3.63) is 82.3 Å². The highest BCUT2D eigenvalue weighted by Gasteiger charge is 2.37. The van der Waals surface area contributed by atoms with E-state index < -0.39 is 14.4 Å². The number of carbonyl (C=O) groups excluding carboxylic acids is 1. The number of benzene rings is 3. The maximum atomic E-state index is 12.6. The summed E-state index contributed by atoms with van der Waals surface area (Å²) in [5, 5.41) is 14.9. The fraction of sp³-hybridized carbons (Fsp3) is 0.333. The van der Waals surface area contributed by atoms with Crippen LogP contribution in [0.5, 0.6) is 0 Å². The predicted octanol–water partition coefficient (Wildman–Crippen LogP) is 8.69. The lowest BCUT2D eigenvalue weighted by atomic mass is 9.99. The first-order chi connectivity index (χ1) is 17.9. The quantitative estimate of drug-likeness (QED) is 0.204. The zero-order valence-electron chi connectivity index (χ0n) is 22.7. The number of rotatable bonds is 10. The number of anilines is 2. The normalized spacial score (nSPS) is 11.7. The van der Waals surface area contributed by atoms with Crippen LogP contribution in [-0.4, -0.2) is 25.4 Å². The van der Waals surface area contributed by atoms with Gasteiger partial charge in [0.2, 0.25) is 5.91 Å². The van der Waals surface area contributed by atoms with Crippen LogP contribution in [-0.2, 0) is 22.2 Å². The van der Waals surface area contributed by atoms with E-state index in [0.717, 1.165) is 32.4 Å². The minimum Gasteiger partial charge on any atom is -0.465 e. The molecule has 0 aliphatic carbocycles. The molecular weight excluding hydrogens is 560 g/mol. The Hall–Kier alpha value is -2.94. The third kappa shape index (κ3) is 8.28. The molecule has 0 radical (unpaired) electrons. The van der Waals surface area contributed by atoms with E-state index >= 15 is 0 Å². The van der Waals surface area contributed by atoms with Crippen molar-refractivity contribution in [2.75, 3.05) is 10.6 Å². The minimum atomic E-state index is -1.84. The topological polar surface area (TPSA) is 87.7 Å². The maximum absolute atomic E-state index is 12.6. The summed E-state index contributed by atoms with van der Waals surface area (Å²) in [6.07, 6.45) is 0.535. The molecule has 0 unspecified atom stereocenters. The Kier molecular flexibility index (Phi) is 9.92. The highest BCUT2D eigenvalue weighted by molar-refractivity contribution is 9.10. The first-order valence-electron chi connectivity index (χ1n) is 12.8. The molecule has 8 heteroatoms. The lowest BCUT2D eigenvalue weighted by Gasteiger charge is -2.36. The Morgan fingerprint density at radius 1 is 0.921 bits per heavy atom. The highest BCUT2D eigenvalue weighted by Crippen LogP contribution is 2.37. The summed E-state index contributed by atoms with van der Waals surface area (Å²) in [5.74, 6) is -0.0687. The van der Waals surface area contributed by atoms with Gasteiger partial charge in [-0.1, -0.05) is 69.3 Å². The van der Waals surface area contributed by atoms with Crippen LogP contribution in [0.25, 0.3) is 11.1 Å². The molecular formula is C30H37BrN2O4Si. The number of aryl methyl sites for hydroxylation is 1. The highest BCUT2D eigenvalue weighted by atomic mass is 79.9. The SMILES string of the molecule is CC(C)(C)[Si](C)(C)OCc1ccc(NC(=O)CCCc2ccc(-c3ccccc3)c(NC(=O)O)c2)c(Br)c1. The van der Waals surface area contributed by atoms with Crippen LogP contribution in [0.1, 0.15) is 44.7 Å². The van der Waals surface area contributed by atoms with Gasteiger partial charge in [0.1, 0.15) is 0 Å². The van der Waals surface area contributed by atoms with Gasteiger partial charge in [0, 0.05) is 16.5 Å². The second-order valence-corrected chi connectivity index (χ2v) is 16.6. The van der Waals surface area contributed by atoms with Crippen molar-refractivity contribution < 1.29 is 19.1 Å². The molecule has 0 saturated carbocycles. The van der Waals surface area contributed by atoms with Crippen molar-refractivity contribution >= 4 is 47.6 Å². The van der Waals surface area contributed by atoms with Crippen molar-refractivity contribution in [2.24, 2.45) is 0 Å². The van der Waals surface area contributed by atoms with Crippen molar-refractivity contribution in [1.29, 1.82) is 0 Å². The third-order valence-corrected chi connectivity index (χ3v) is 12.1. The van der Waals surface area contributed by atoms with Crippen LogP contribution < -0.4 is 10.6 Å². The number of amides is 2. The van der Waals surface area contributed by atoms with E-state index in [4.69, 9.17) is 4.43 Å². The van der Waals surface area contributed by atoms with Crippen LogP contribution in [0.4, 0.5) is 16.2 Å². The summed E-state index contributed by atoms with van der Waals surface area (Å²) in [5.41, 5.74) is 5.04. The summed E-state index contributed by atoms with van der Waals surface area (Å²) in [6.45, 7) is 11.7. The van der Waals surface area contributed by atoms with E-state index in [0.29, 0.717) is 31.6 Å². The average molecular weight is 598 g/mol. The molecule has 3 N–H and O–H groups in total. The molecule has 0 fully saturated rings. The molecule has 0 aromatic heterocycles. The van der Waals surface area contributed by atoms with Gasteiger partial charge >= 0.3 is 6.09 Å². The molecule has 2 amide bonds. The lowest BCUT2D eigenvalue weighted by Crippen LogP contribution is -2.40. The molecule has 38 heavy (non-hydrogen) atoms. The van der Waals surface area contributed by atoms with Crippen molar-refractivity contribution in [3.8, 4) is 11.1 Å². The van der Waals surface area contributed by atoms with E-state index in [2.05, 4.69) is 60.4 Å². The Labute approximate surface area is 235 Å². The molecule has 0 aliphatic rings. The van der Waals surface area contributed by atoms with Crippen molar-refractivity contribution in [2.45, 2.75) is 64.8 Å². The van der Waals surface area contributed by atoms with Crippen molar-refractivity contribution in [3.63, 3.8) is 0 Å². The van der Waals surface area contributed by atoms with Crippen molar-refractivity contribution in [1.82, 2.24) is 0 Å². The number of nitrogens with one attached hydrogen (secondary N) is 2. The molecule has 3 aromatic carbocycles. The largest absolute Gasteiger partial charge is 0.465 e. The molecule has 0 aliphatic heterocycles. The standard InChI is InChI=1S/C30H37BrN2O4Si/c1-30(2,3)38(4,5)37-20-22-15-17-26(25(31)18-22)32-28(34)13-9-10-21-14-16-24(23-11-7-6-8-12-23)27(19-21)33-29(35)36/h6-8,11-12,14-19,33H,9-10,13,20H2,1-5H3,(H,32,34)(H,35,36). The van der Waals surface area contributed by atoms with Gasteiger partial charge in [0.05, 0.1) is 18.0 Å². The molecule has 0 spiro atoms. The van der Waals surface area contributed by atoms with Crippen LogP contribution in [0, 0.1) is 0 Å². The second-order valence-electron chi connectivity index (χ2n) is 10.9. The van der Waals surface area contributed by atoms with Crippen LogP contribution >= 0.6 is 15.9 Å². The summed E-state index contributed by atoms with van der Waals surface area (Å²) in [4.78, 5) is 24.0. The maximum Gasteiger partial charge on any atom is 0.409 e. The summed E-state index contributed by atoms with van der Waals surface area (Å²) in [6, 6.07) is 21.3. The molecule has 0 bridgehead atoms. The number of carboxylic acid groups (broad SMARTS) is 1. The first-order valence-corrected chi connectivity index (χ1v) is 16.5. The summed E-state index contributed by atoms with van der Waals surface area (Å²) >= 11 is 3.58. The van der Waals surface area contributed by atoms with Gasteiger partial charge in [0.15, 0.2) is 8.32 Å². The van der Waals surface area contributed by atoms with Gasteiger partial charge in [-0.2, -0.15) is 0 Å². The Bertz CT molecular complexity index is 1270. The number of hydrogen-bond donors (Lipinski definition) is 3. The van der Waals surface area contributed by atoms with Crippen LogP contribution in [0.3, 0.4) is 0 Å². The lowest BCUT2D eigenvalue weighted by molar-refractivity contribution is -0.116. The predicted molar refractivity (Wildman–Crippen MR) is 161 cm³/mol. The number of carbonyl (C=O) groups is 2. The second kappa shape index (κ2) is 12.7. The molecule has 6 nitrogen and oxygen atoms in total. The summed E-state index contributed by atoms with van der Waals surface area (Å²) in [7, 11) is -1.84. The number of hydrogen-bond acceptors (Lipinski definition) is 3. The van der Waals surface area contributed by atoms with Crippen LogP contribution in [0.2, 0.25) is 18.1 Å². The first kappa shape index (κ1) is 29.6.